The molecular weight excluding hydrogens is 300 g/mol. The Bertz CT molecular complexity index is 668. The minimum absolute atomic E-state index is 0.190. The number of nitro benzene ring substituents is 1. The fourth-order valence-electron chi connectivity index (χ4n) is 1.97. The van der Waals surface area contributed by atoms with Crippen molar-refractivity contribution in [3.8, 4) is 0 Å². The van der Waals surface area contributed by atoms with Crippen LogP contribution in [0.2, 0.25) is 0 Å². The van der Waals surface area contributed by atoms with Crippen LogP contribution in [-0.4, -0.2) is 30.5 Å². The summed E-state index contributed by atoms with van der Waals surface area (Å²) in [6.45, 7) is 0. The van der Waals surface area contributed by atoms with E-state index in [0.717, 1.165) is 25.0 Å². The normalized spacial score (nSPS) is 16.4. The van der Waals surface area contributed by atoms with E-state index in [0.29, 0.717) is 0 Å². The SMILES string of the molecule is O=C(O)[C@H](CC1CC1)NS(=O)(=O)c1ccccc1[N+](=O)[O-]. The minimum Gasteiger partial charge on any atom is -0.480 e. The molecule has 0 spiro atoms. The van der Waals surface area contributed by atoms with E-state index in [4.69, 9.17) is 5.11 Å². The van der Waals surface area contributed by atoms with Gasteiger partial charge in [-0.3, -0.25) is 14.9 Å². The summed E-state index contributed by atoms with van der Waals surface area (Å²) >= 11 is 0. The standard InChI is InChI=1S/C12H14N2O6S/c15-12(16)9(7-8-5-6-8)13-21(19,20)11-4-2-1-3-10(11)14(17)18/h1-4,8-9,13H,5-7H2,(H,15,16)/t9-/m0/s1. The molecule has 1 aromatic carbocycles. The van der Waals surface area contributed by atoms with E-state index >= 15 is 0 Å². The number of carbonyl (C=O) groups is 1. The average molecular weight is 314 g/mol. The van der Waals surface area contributed by atoms with Gasteiger partial charge in [0.2, 0.25) is 10.0 Å². The lowest BCUT2D eigenvalue weighted by Gasteiger charge is -2.14. The molecule has 1 aliphatic carbocycles. The molecule has 2 rings (SSSR count). The van der Waals surface area contributed by atoms with E-state index in [1.54, 1.807) is 0 Å². The van der Waals surface area contributed by atoms with Crippen LogP contribution in [0.15, 0.2) is 29.2 Å². The average Bonchev–Trinajstić information content (AvgIpc) is 3.21. The Morgan fingerprint density at radius 2 is 2.05 bits per heavy atom. The highest BCUT2D eigenvalue weighted by Crippen LogP contribution is 2.34. The van der Waals surface area contributed by atoms with Crippen LogP contribution in [-0.2, 0) is 14.8 Å². The molecule has 1 atom stereocenters. The van der Waals surface area contributed by atoms with Gasteiger partial charge in [0.1, 0.15) is 6.04 Å². The van der Waals surface area contributed by atoms with Gasteiger partial charge < -0.3 is 5.11 Å². The molecule has 9 heteroatoms. The van der Waals surface area contributed by atoms with Crippen LogP contribution in [0.3, 0.4) is 0 Å². The van der Waals surface area contributed by atoms with Gasteiger partial charge in [-0.25, -0.2) is 8.42 Å². The number of rotatable bonds is 7. The zero-order chi connectivity index (χ0) is 15.6. The van der Waals surface area contributed by atoms with Crippen LogP contribution in [0.1, 0.15) is 19.3 Å². The molecule has 0 aliphatic heterocycles. The molecule has 1 fully saturated rings. The largest absolute Gasteiger partial charge is 0.480 e. The maximum Gasteiger partial charge on any atom is 0.321 e. The summed E-state index contributed by atoms with van der Waals surface area (Å²) in [5.74, 6) is -1.09. The molecule has 1 aromatic rings. The minimum atomic E-state index is -4.27. The van der Waals surface area contributed by atoms with Gasteiger partial charge in [0, 0.05) is 6.07 Å². The van der Waals surface area contributed by atoms with Gasteiger partial charge in [0.05, 0.1) is 4.92 Å². The Labute approximate surface area is 121 Å². The molecule has 0 bridgehead atoms. The van der Waals surface area contributed by atoms with Crippen LogP contribution in [0.5, 0.6) is 0 Å². The fraction of sp³-hybridized carbons (Fsp3) is 0.417. The highest BCUT2D eigenvalue weighted by molar-refractivity contribution is 7.89. The van der Waals surface area contributed by atoms with E-state index in [2.05, 4.69) is 0 Å². The smallest absolute Gasteiger partial charge is 0.321 e. The first-order chi connectivity index (χ1) is 9.81. The first-order valence-corrected chi connectivity index (χ1v) is 7.78. The Hall–Kier alpha value is -2.00. The zero-order valence-corrected chi connectivity index (χ0v) is 11.7. The summed E-state index contributed by atoms with van der Waals surface area (Å²) in [4.78, 5) is 20.7. The molecule has 0 saturated heterocycles. The Morgan fingerprint density at radius 3 is 2.57 bits per heavy atom. The van der Waals surface area contributed by atoms with Crippen molar-refractivity contribution in [1.29, 1.82) is 0 Å². The van der Waals surface area contributed by atoms with Crippen molar-refractivity contribution in [3.05, 3.63) is 34.4 Å². The molecule has 0 heterocycles. The van der Waals surface area contributed by atoms with Crippen molar-refractivity contribution >= 4 is 21.7 Å². The number of hydrogen-bond donors (Lipinski definition) is 2. The molecule has 1 aliphatic rings. The van der Waals surface area contributed by atoms with Crippen LogP contribution in [0.4, 0.5) is 5.69 Å². The molecule has 114 valence electrons. The summed E-state index contributed by atoms with van der Waals surface area (Å²) in [5, 5.41) is 20.0. The van der Waals surface area contributed by atoms with E-state index in [9.17, 15) is 23.3 Å². The molecule has 0 aromatic heterocycles. The van der Waals surface area contributed by atoms with Gasteiger partial charge in [-0.1, -0.05) is 25.0 Å². The van der Waals surface area contributed by atoms with Crippen LogP contribution in [0, 0.1) is 16.0 Å². The first-order valence-electron chi connectivity index (χ1n) is 6.30. The van der Waals surface area contributed by atoms with Gasteiger partial charge >= 0.3 is 5.97 Å². The number of sulfonamides is 1. The maximum atomic E-state index is 12.2. The predicted molar refractivity (Wildman–Crippen MR) is 72.2 cm³/mol. The number of carboxylic acid groups (broad SMARTS) is 1. The monoisotopic (exact) mass is 314 g/mol. The lowest BCUT2D eigenvalue weighted by atomic mass is 10.1. The van der Waals surface area contributed by atoms with E-state index in [-0.39, 0.29) is 12.3 Å². The third kappa shape index (κ3) is 3.76. The number of nitro groups is 1. The number of carboxylic acids is 1. The lowest BCUT2D eigenvalue weighted by Crippen LogP contribution is -2.41. The number of nitrogens with zero attached hydrogens (tertiary/aromatic N) is 1. The predicted octanol–water partition coefficient (Wildman–Crippen LogP) is 1.13. The number of hydrogen-bond acceptors (Lipinski definition) is 5. The van der Waals surface area contributed by atoms with Gasteiger partial charge in [-0.05, 0) is 18.4 Å². The Kier molecular flexibility index (Phi) is 4.24. The number of nitrogens with one attached hydrogen (secondary N) is 1. The highest BCUT2D eigenvalue weighted by Gasteiger charge is 2.34. The van der Waals surface area contributed by atoms with Crippen molar-refractivity contribution in [1.82, 2.24) is 4.72 Å². The third-order valence-corrected chi connectivity index (χ3v) is 4.73. The van der Waals surface area contributed by atoms with Gasteiger partial charge in [-0.2, -0.15) is 4.72 Å². The summed E-state index contributed by atoms with van der Waals surface area (Å²) < 4.78 is 26.4. The van der Waals surface area contributed by atoms with E-state index in [1.807, 2.05) is 4.72 Å². The fourth-order valence-corrected chi connectivity index (χ4v) is 3.35. The summed E-state index contributed by atoms with van der Waals surface area (Å²) in [6.07, 6.45) is 1.93. The van der Waals surface area contributed by atoms with Gasteiger partial charge in [-0.15, -0.1) is 0 Å². The number of para-hydroxylation sites is 1. The van der Waals surface area contributed by atoms with Crippen LogP contribution >= 0.6 is 0 Å². The highest BCUT2D eigenvalue weighted by atomic mass is 32.2. The zero-order valence-electron chi connectivity index (χ0n) is 10.9. The molecular formula is C12H14N2O6S. The molecule has 2 N–H and O–H groups in total. The van der Waals surface area contributed by atoms with Crippen LogP contribution < -0.4 is 4.72 Å². The summed E-state index contributed by atoms with van der Waals surface area (Å²) in [6, 6.07) is 3.55. The second-order valence-corrected chi connectivity index (χ2v) is 6.60. The summed E-state index contributed by atoms with van der Waals surface area (Å²) in [5.41, 5.74) is -0.583. The maximum absolute atomic E-state index is 12.2. The summed E-state index contributed by atoms with van der Waals surface area (Å²) in [7, 11) is -4.27. The molecule has 0 unspecified atom stereocenters. The van der Waals surface area contributed by atoms with E-state index < -0.39 is 37.5 Å². The number of benzene rings is 1. The van der Waals surface area contributed by atoms with E-state index in [1.165, 1.54) is 12.1 Å². The lowest BCUT2D eigenvalue weighted by molar-refractivity contribution is -0.387. The van der Waals surface area contributed by atoms with Gasteiger partial charge in [0.25, 0.3) is 5.69 Å². The second kappa shape index (κ2) is 5.78. The molecule has 8 nitrogen and oxygen atoms in total. The Morgan fingerprint density at radius 1 is 1.43 bits per heavy atom. The first kappa shape index (κ1) is 15.4. The van der Waals surface area contributed by atoms with Crippen molar-refractivity contribution in [3.63, 3.8) is 0 Å². The van der Waals surface area contributed by atoms with Crippen molar-refractivity contribution in [2.24, 2.45) is 5.92 Å². The topological polar surface area (TPSA) is 127 Å². The molecule has 1 saturated carbocycles. The third-order valence-electron chi connectivity index (χ3n) is 3.21. The van der Waals surface area contributed by atoms with Crippen molar-refractivity contribution in [2.75, 3.05) is 0 Å². The molecule has 0 amide bonds. The Balaban J connectivity index is 2.28. The second-order valence-electron chi connectivity index (χ2n) is 4.92. The number of aliphatic carboxylic acids is 1. The molecule has 0 radical (unpaired) electrons. The quantitative estimate of drug-likeness (QED) is 0.573. The van der Waals surface area contributed by atoms with Crippen LogP contribution in [0.25, 0.3) is 0 Å². The molecule has 21 heavy (non-hydrogen) atoms. The van der Waals surface area contributed by atoms with Crippen molar-refractivity contribution < 1.29 is 23.2 Å². The van der Waals surface area contributed by atoms with Gasteiger partial charge in [0.15, 0.2) is 4.90 Å². The van der Waals surface area contributed by atoms with Crippen molar-refractivity contribution in [2.45, 2.75) is 30.2 Å².